The first-order valence-corrected chi connectivity index (χ1v) is 7.87. The topological polar surface area (TPSA) is 124 Å². The lowest BCUT2D eigenvalue weighted by Gasteiger charge is -2.33. The number of Topliss-reactive ketones (excluding diaryl/α,β-unsaturated/α-hetero) is 2. The molecule has 0 amide bonds. The second-order valence-corrected chi connectivity index (χ2v) is 6.07. The SMILES string of the molecule is CCOC1=C(O)[C@H]2C(=O)c3cc(O)c([C@H](C)O)cc3C(=O)[C@@H]2C(O)=C1. The Morgan fingerprint density at radius 2 is 1.68 bits per heavy atom. The van der Waals surface area contributed by atoms with E-state index in [9.17, 15) is 30.0 Å². The Hall–Kier alpha value is -2.80. The van der Waals surface area contributed by atoms with Crippen LogP contribution >= 0.6 is 0 Å². The van der Waals surface area contributed by atoms with Crippen molar-refractivity contribution in [3.63, 3.8) is 0 Å². The fraction of sp³-hybridized carbons (Fsp3) is 0.333. The van der Waals surface area contributed by atoms with E-state index in [0.29, 0.717) is 0 Å². The maximum Gasteiger partial charge on any atom is 0.175 e. The predicted molar refractivity (Wildman–Crippen MR) is 86.4 cm³/mol. The summed E-state index contributed by atoms with van der Waals surface area (Å²) in [6, 6.07) is 2.36. The zero-order valence-corrected chi connectivity index (χ0v) is 13.7. The van der Waals surface area contributed by atoms with Gasteiger partial charge >= 0.3 is 0 Å². The zero-order chi connectivity index (χ0) is 18.5. The zero-order valence-electron chi connectivity index (χ0n) is 13.7. The third kappa shape index (κ3) is 2.47. The van der Waals surface area contributed by atoms with Crippen molar-refractivity contribution in [3.8, 4) is 5.75 Å². The van der Waals surface area contributed by atoms with E-state index in [1.807, 2.05) is 0 Å². The van der Waals surface area contributed by atoms with Crippen molar-refractivity contribution in [2.24, 2.45) is 11.8 Å². The molecule has 0 fully saturated rings. The second-order valence-electron chi connectivity index (χ2n) is 6.07. The molecule has 0 bridgehead atoms. The average molecular weight is 346 g/mol. The number of benzene rings is 1. The van der Waals surface area contributed by atoms with Crippen LogP contribution in [0.1, 0.15) is 46.2 Å². The summed E-state index contributed by atoms with van der Waals surface area (Å²) in [7, 11) is 0. The molecule has 0 spiro atoms. The molecule has 4 N–H and O–H groups in total. The van der Waals surface area contributed by atoms with Gasteiger partial charge in [0.05, 0.1) is 18.6 Å². The van der Waals surface area contributed by atoms with Crippen molar-refractivity contribution < 1.29 is 34.8 Å². The van der Waals surface area contributed by atoms with Crippen LogP contribution in [0.5, 0.6) is 5.75 Å². The second kappa shape index (κ2) is 5.93. The number of aromatic hydroxyl groups is 1. The number of hydrogen-bond acceptors (Lipinski definition) is 7. The van der Waals surface area contributed by atoms with Gasteiger partial charge in [0.25, 0.3) is 0 Å². The van der Waals surface area contributed by atoms with Gasteiger partial charge in [-0.05, 0) is 26.0 Å². The van der Waals surface area contributed by atoms with Gasteiger partial charge in [-0.15, -0.1) is 0 Å². The molecule has 0 aliphatic heterocycles. The van der Waals surface area contributed by atoms with Gasteiger partial charge in [-0.1, -0.05) is 0 Å². The van der Waals surface area contributed by atoms with Crippen molar-refractivity contribution in [1.29, 1.82) is 0 Å². The van der Waals surface area contributed by atoms with E-state index in [4.69, 9.17) is 4.74 Å². The highest BCUT2D eigenvalue weighted by Gasteiger charge is 2.49. The monoisotopic (exact) mass is 346 g/mol. The minimum absolute atomic E-state index is 0.00689. The molecule has 25 heavy (non-hydrogen) atoms. The molecule has 2 aliphatic rings. The summed E-state index contributed by atoms with van der Waals surface area (Å²) in [6.07, 6.45) is 0.0888. The lowest BCUT2D eigenvalue weighted by molar-refractivity contribution is 0.0679. The molecule has 0 saturated carbocycles. The number of hydrogen-bond donors (Lipinski definition) is 4. The van der Waals surface area contributed by atoms with E-state index in [1.54, 1.807) is 6.92 Å². The molecule has 7 heteroatoms. The Labute approximate surface area is 143 Å². The lowest BCUT2D eigenvalue weighted by Crippen LogP contribution is -2.41. The van der Waals surface area contributed by atoms with E-state index in [2.05, 4.69) is 0 Å². The number of carbonyl (C=O) groups excluding carboxylic acids is 2. The first-order valence-electron chi connectivity index (χ1n) is 7.87. The number of aliphatic hydroxyl groups is 3. The summed E-state index contributed by atoms with van der Waals surface area (Å²) in [5.41, 5.74) is 0.0326. The van der Waals surface area contributed by atoms with Crippen LogP contribution in [0.3, 0.4) is 0 Å². The first kappa shape index (κ1) is 17.0. The van der Waals surface area contributed by atoms with E-state index in [0.717, 1.165) is 12.1 Å². The molecular weight excluding hydrogens is 328 g/mol. The highest BCUT2D eigenvalue weighted by Crippen LogP contribution is 2.43. The Balaban J connectivity index is 2.19. The average Bonchev–Trinajstić information content (AvgIpc) is 2.55. The van der Waals surface area contributed by atoms with Crippen molar-refractivity contribution in [3.05, 3.63) is 52.2 Å². The third-order valence-electron chi connectivity index (χ3n) is 4.49. The number of aliphatic hydroxyl groups excluding tert-OH is 3. The number of carbonyl (C=O) groups is 2. The molecule has 0 aromatic heterocycles. The van der Waals surface area contributed by atoms with Gasteiger partial charge in [-0.2, -0.15) is 0 Å². The Morgan fingerprint density at radius 3 is 2.28 bits per heavy atom. The highest BCUT2D eigenvalue weighted by molar-refractivity contribution is 6.18. The van der Waals surface area contributed by atoms with Gasteiger partial charge in [-0.3, -0.25) is 9.59 Å². The Morgan fingerprint density at radius 1 is 1.08 bits per heavy atom. The molecule has 0 unspecified atom stereocenters. The number of phenols is 1. The van der Waals surface area contributed by atoms with Crippen LogP contribution in [0, 0.1) is 11.8 Å². The fourth-order valence-corrected chi connectivity index (χ4v) is 3.29. The molecule has 2 aliphatic carbocycles. The van der Waals surface area contributed by atoms with Gasteiger partial charge < -0.3 is 25.2 Å². The molecule has 3 atom stereocenters. The van der Waals surface area contributed by atoms with Crippen LogP contribution in [-0.2, 0) is 4.74 Å². The van der Waals surface area contributed by atoms with E-state index in [1.165, 1.54) is 13.0 Å². The van der Waals surface area contributed by atoms with Gasteiger partial charge in [0.2, 0.25) is 0 Å². The summed E-state index contributed by atoms with van der Waals surface area (Å²) in [6.45, 7) is 3.30. The van der Waals surface area contributed by atoms with E-state index >= 15 is 0 Å². The molecule has 0 radical (unpaired) electrons. The maximum absolute atomic E-state index is 12.8. The summed E-state index contributed by atoms with van der Waals surface area (Å²) < 4.78 is 5.21. The first-order chi connectivity index (χ1) is 11.8. The van der Waals surface area contributed by atoms with Crippen LogP contribution in [0.2, 0.25) is 0 Å². The molecule has 1 aromatic carbocycles. The van der Waals surface area contributed by atoms with Crippen LogP contribution < -0.4 is 0 Å². The number of phenolic OH excluding ortho intramolecular Hbond substituents is 1. The number of rotatable bonds is 3. The largest absolute Gasteiger partial charge is 0.511 e. The van der Waals surface area contributed by atoms with Gasteiger partial charge in [-0.25, -0.2) is 0 Å². The van der Waals surface area contributed by atoms with Crippen LogP contribution in [0.4, 0.5) is 0 Å². The van der Waals surface area contributed by atoms with E-state index in [-0.39, 0.29) is 40.6 Å². The van der Waals surface area contributed by atoms with Crippen molar-refractivity contribution >= 4 is 11.6 Å². The number of ketones is 2. The minimum atomic E-state index is -1.30. The molecule has 3 rings (SSSR count). The molecular formula is C18H18O7. The Bertz CT molecular complexity index is 832. The van der Waals surface area contributed by atoms with Crippen molar-refractivity contribution in [2.75, 3.05) is 6.61 Å². The van der Waals surface area contributed by atoms with Crippen LogP contribution in [0.25, 0.3) is 0 Å². The lowest BCUT2D eigenvalue weighted by atomic mass is 9.70. The molecule has 0 heterocycles. The Kier molecular flexibility index (Phi) is 4.04. The van der Waals surface area contributed by atoms with E-state index < -0.39 is 35.3 Å². The van der Waals surface area contributed by atoms with Crippen LogP contribution in [-0.4, -0.2) is 38.6 Å². The molecule has 132 valence electrons. The van der Waals surface area contributed by atoms with Crippen molar-refractivity contribution in [1.82, 2.24) is 0 Å². The molecule has 7 nitrogen and oxygen atoms in total. The van der Waals surface area contributed by atoms with Gasteiger partial charge in [0, 0.05) is 22.8 Å². The smallest absolute Gasteiger partial charge is 0.175 e. The van der Waals surface area contributed by atoms with Crippen molar-refractivity contribution in [2.45, 2.75) is 20.0 Å². The molecule has 1 aromatic rings. The number of fused-ring (bicyclic) bond motifs is 2. The fourth-order valence-electron chi connectivity index (χ4n) is 3.29. The normalized spacial score (nSPS) is 23.7. The quantitative estimate of drug-likeness (QED) is 0.662. The summed E-state index contributed by atoms with van der Waals surface area (Å²) in [5, 5.41) is 40.3. The summed E-state index contributed by atoms with van der Waals surface area (Å²) >= 11 is 0. The highest BCUT2D eigenvalue weighted by atomic mass is 16.5. The third-order valence-corrected chi connectivity index (χ3v) is 4.49. The molecule has 0 saturated heterocycles. The maximum atomic E-state index is 12.8. The standard InChI is InChI=1S/C18H18O7/c1-3-25-13-6-12(21)14-15(18(13)24)17(23)10-5-11(20)8(7(2)19)4-9(10)16(14)22/h4-7,14-15,19-21,24H,3H2,1-2H3/t7-,14+,15+/m0/s1. The number of allylic oxidation sites excluding steroid dienone is 3. The van der Waals surface area contributed by atoms with Crippen LogP contribution in [0.15, 0.2) is 35.5 Å². The van der Waals surface area contributed by atoms with Gasteiger partial charge in [0.1, 0.15) is 23.2 Å². The summed E-state index contributed by atoms with van der Waals surface area (Å²) in [4.78, 5) is 25.6. The predicted octanol–water partition coefficient (Wildman–Crippen LogP) is 2.32. The summed E-state index contributed by atoms with van der Waals surface area (Å²) in [5.74, 6) is -4.92. The minimum Gasteiger partial charge on any atom is -0.511 e. The van der Waals surface area contributed by atoms with Gasteiger partial charge in [0.15, 0.2) is 17.3 Å². The number of ether oxygens (including phenoxy) is 1.